The largest absolute Gasteiger partial charge is 0.444 e. The summed E-state index contributed by atoms with van der Waals surface area (Å²) >= 11 is 0. The molecule has 4 nitrogen and oxygen atoms in total. The quantitative estimate of drug-likeness (QED) is 0.684. The van der Waals surface area contributed by atoms with E-state index < -0.39 is 5.60 Å². The van der Waals surface area contributed by atoms with E-state index in [0.717, 1.165) is 25.9 Å². The van der Waals surface area contributed by atoms with E-state index in [1.165, 1.54) is 0 Å². The molecule has 1 saturated heterocycles. The molecular weight excluding hydrogens is 180 g/mol. The minimum atomic E-state index is -0.411. The first-order chi connectivity index (χ1) is 6.47. The molecule has 1 fully saturated rings. The lowest BCUT2D eigenvalue weighted by atomic mass is 10.1. The minimum Gasteiger partial charge on any atom is -0.444 e. The summed E-state index contributed by atoms with van der Waals surface area (Å²) in [6.45, 7) is 7.49. The second kappa shape index (κ2) is 4.64. The van der Waals surface area contributed by atoms with Crippen molar-refractivity contribution in [3.63, 3.8) is 0 Å². The maximum absolute atomic E-state index is 11.4. The van der Waals surface area contributed by atoms with Crippen LogP contribution in [0.2, 0.25) is 0 Å². The lowest BCUT2D eigenvalue weighted by Crippen LogP contribution is -2.47. The van der Waals surface area contributed by atoms with Gasteiger partial charge in [0.05, 0.1) is 0 Å². The number of amides is 1. The Kier molecular flexibility index (Phi) is 3.75. The Morgan fingerprint density at radius 2 is 2.29 bits per heavy atom. The molecule has 0 aromatic rings. The van der Waals surface area contributed by atoms with E-state index in [1.54, 1.807) is 0 Å². The third kappa shape index (κ3) is 4.46. The van der Waals surface area contributed by atoms with Crippen molar-refractivity contribution < 1.29 is 12.4 Å². The Morgan fingerprint density at radius 1 is 1.57 bits per heavy atom. The molecule has 86 valence electrons. The van der Waals surface area contributed by atoms with Gasteiger partial charge in [0, 0.05) is 15.4 Å². The number of hydrogen-bond donors (Lipinski definition) is 2. The van der Waals surface area contributed by atoms with Gasteiger partial charge in [0.2, 0.25) is 0 Å². The molecule has 1 amide bonds. The zero-order chi connectivity index (χ0) is 10.6. The van der Waals surface area contributed by atoms with Crippen molar-refractivity contribution in [1.82, 2.24) is 10.6 Å². The van der Waals surface area contributed by atoms with Gasteiger partial charge in [0.25, 0.3) is 0 Å². The molecule has 0 aliphatic carbocycles. The fourth-order valence-electron chi connectivity index (χ4n) is 1.45. The van der Waals surface area contributed by atoms with Gasteiger partial charge >= 0.3 is 6.09 Å². The Labute approximate surface area is 88.4 Å². The Bertz CT molecular complexity index is 201. The Morgan fingerprint density at radius 3 is 2.79 bits per heavy atom. The van der Waals surface area contributed by atoms with Crippen LogP contribution in [0.4, 0.5) is 4.79 Å². The number of piperidine rings is 1. The predicted octanol–water partition coefficient (Wildman–Crippen LogP) is 1.76. The summed E-state index contributed by atoms with van der Waals surface area (Å²) in [5.41, 5.74) is -0.411. The first-order valence-electron chi connectivity index (χ1n) is 5.17. The average Bonchev–Trinajstić information content (AvgIpc) is 2.02. The molecule has 2 N–H and O–H groups in total. The fraction of sp³-hybridized carbons (Fsp3) is 0.900. The van der Waals surface area contributed by atoms with E-state index in [1.807, 2.05) is 20.8 Å². The van der Waals surface area contributed by atoms with Gasteiger partial charge in [0.15, 0.2) is 0 Å². The smallest absolute Gasteiger partial charge is 0.407 e. The predicted molar refractivity (Wildman–Crippen MR) is 59.5 cm³/mol. The lowest BCUT2D eigenvalue weighted by molar-refractivity contribution is 0.0497. The lowest BCUT2D eigenvalue weighted by Gasteiger charge is -2.26. The topological polar surface area (TPSA) is 50.4 Å². The molecule has 1 aliphatic heterocycles. The molecule has 0 aromatic carbocycles. The van der Waals surface area contributed by atoms with Crippen molar-refractivity contribution in [1.29, 1.82) is 0 Å². The highest BCUT2D eigenvalue weighted by atomic mass is 16.6. The summed E-state index contributed by atoms with van der Waals surface area (Å²) in [5, 5.41) is 6.08. The average molecular weight is 204 g/mol. The molecule has 0 aromatic heterocycles. The Hall–Kier alpha value is -0.770. The second-order valence-corrected chi connectivity index (χ2v) is 4.69. The van der Waals surface area contributed by atoms with Crippen LogP contribution in [0.25, 0.3) is 0 Å². The third-order valence-corrected chi connectivity index (χ3v) is 2.02. The van der Waals surface area contributed by atoms with Crippen LogP contribution in [-0.2, 0) is 4.74 Å². The highest BCUT2D eigenvalue weighted by Gasteiger charge is 2.20. The van der Waals surface area contributed by atoms with Crippen LogP contribution in [0.1, 0.15) is 36.5 Å². The summed E-state index contributed by atoms with van der Waals surface area (Å²) in [6, 6.07) is 0.221. The zero-order valence-electron chi connectivity index (χ0n) is 9.22. The number of nitrogens with one attached hydrogen (secondary N) is 2. The molecule has 1 heterocycles. The SMILES string of the molecule is CC(C)(C)OC(=O)N[C@@H]1CCCNC1.[HH].[HH]. The standard InChI is InChI=1S/C10H20N2O2.2H2/c1-10(2,3)14-9(13)12-8-5-4-6-11-7-8;;/h8,11H,4-7H2,1-3H3,(H,12,13);2*1H/t8-;;/m1../s1. The van der Waals surface area contributed by atoms with Gasteiger partial charge in [-0.15, -0.1) is 0 Å². The molecule has 0 bridgehead atoms. The molecule has 0 unspecified atom stereocenters. The summed E-state index contributed by atoms with van der Waals surface area (Å²) in [7, 11) is 0. The van der Waals surface area contributed by atoms with E-state index in [9.17, 15) is 4.79 Å². The van der Waals surface area contributed by atoms with E-state index >= 15 is 0 Å². The maximum Gasteiger partial charge on any atom is 0.407 e. The van der Waals surface area contributed by atoms with Crippen molar-refractivity contribution in [3.8, 4) is 0 Å². The van der Waals surface area contributed by atoms with Crippen LogP contribution in [0.3, 0.4) is 0 Å². The monoisotopic (exact) mass is 204 g/mol. The van der Waals surface area contributed by atoms with Crippen molar-refractivity contribution in [2.45, 2.75) is 45.3 Å². The zero-order valence-corrected chi connectivity index (χ0v) is 9.22. The van der Waals surface area contributed by atoms with E-state index in [2.05, 4.69) is 10.6 Å². The van der Waals surface area contributed by atoms with Gasteiger partial charge in [-0.05, 0) is 40.2 Å². The molecule has 0 saturated carbocycles. The number of rotatable bonds is 1. The first-order valence-corrected chi connectivity index (χ1v) is 5.17. The number of carbonyl (C=O) groups excluding carboxylic acids is 1. The molecule has 14 heavy (non-hydrogen) atoms. The molecule has 0 radical (unpaired) electrons. The van der Waals surface area contributed by atoms with Crippen molar-refractivity contribution in [2.75, 3.05) is 13.1 Å². The van der Waals surface area contributed by atoms with Gasteiger partial charge in [-0.25, -0.2) is 4.79 Å². The summed E-state index contributed by atoms with van der Waals surface area (Å²) in [4.78, 5) is 11.4. The summed E-state index contributed by atoms with van der Waals surface area (Å²) < 4.78 is 5.16. The van der Waals surface area contributed by atoms with Crippen LogP contribution >= 0.6 is 0 Å². The van der Waals surface area contributed by atoms with Gasteiger partial charge in [-0.3, -0.25) is 0 Å². The highest BCUT2D eigenvalue weighted by molar-refractivity contribution is 5.68. The number of carbonyl (C=O) groups is 1. The van der Waals surface area contributed by atoms with Gasteiger partial charge in [-0.1, -0.05) is 0 Å². The van der Waals surface area contributed by atoms with Crippen LogP contribution in [0.15, 0.2) is 0 Å². The molecule has 0 spiro atoms. The number of alkyl carbamates (subject to hydrolysis) is 1. The third-order valence-electron chi connectivity index (χ3n) is 2.02. The molecular formula is C10H24N2O2. The van der Waals surface area contributed by atoms with Crippen LogP contribution in [0.5, 0.6) is 0 Å². The second-order valence-electron chi connectivity index (χ2n) is 4.69. The van der Waals surface area contributed by atoms with Gasteiger partial charge < -0.3 is 15.4 Å². The normalized spacial score (nSPS) is 22.9. The van der Waals surface area contributed by atoms with E-state index in [-0.39, 0.29) is 15.0 Å². The highest BCUT2D eigenvalue weighted by Crippen LogP contribution is 2.08. The number of hydrogen-bond acceptors (Lipinski definition) is 3. The van der Waals surface area contributed by atoms with Crippen molar-refractivity contribution in [2.24, 2.45) is 0 Å². The molecule has 1 rings (SSSR count). The fourth-order valence-corrected chi connectivity index (χ4v) is 1.45. The minimum absolute atomic E-state index is 0. The van der Waals surface area contributed by atoms with Crippen molar-refractivity contribution >= 4 is 6.09 Å². The molecule has 1 aliphatic rings. The Balaban J connectivity index is 0. The number of ether oxygens (including phenoxy) is 1. The van der Waals surface area contributed by atoms with Crippen LogP contribution < -0.4 is 10.6 Å². The summed E-state index contributed by atoms with van der Waals surface area (Å²) in [5.74, 6) is 0. The van der Waals surface area contributed by atoms with Crippen LogP contribution in [-0.4, -0.2) is 30.8 Å². The summed E-state index contributed by atoms with van der Waals surface area (Å²) in [6.07, 6.45) is 1.83. The molecule has 4 heteroatoms. The van der Waals surface area contributed by atoms with Crippen molar-refractivity contribution in [3.05, 3.63) is 0 Å². The van der Waals surface area contributed by atoms with E-state index in [4.69, 9.17) is 4.74 Å². The van der Waals surface area contributed by atoms with Gasteiger partial charge in [-0.2, -0.15) is 0 Å². The van der Waals surface area contributed by atoms with Gasteiger partial charge in [0.1, 0.15) is 5.60 Å². The van der Waals surface area contributed by atoms with E-state index in [0.29, 0.717) is 0 Å². The first kappa shape index (κ1) is 11.3. The maximum atomic E-state index is 11.4. The molecule has 1 atom stereocenters. The van der Waals surface area contributed by atoms with Crippen LogP contribution in [0, 0.1) is 0 Å².